The van der Waals surface area contributed by atoms with E-state index in [0.29, 0.717) is 19.4 Å². The molecule has 0 saturated carbocycles. The number of fused-ring (bicyclic) bond motifs is 1. The summed E-state index contributed by atoms with van der Waals surface area (Å²) in [6.45, 7) is 2.36. The number of aliphatic carboxylic acids is 1. The predicted octanol–water partition coefficient (Wildman–Crippen LogP) is 2.70. The van der Waals surface area contributed by atoms with Gasteiger partial charge in [-0.15, -0.1) is 0 Å². The zero-order valence-electron chi connectivity index (χ0n) is 12.5. The zero-order valence-corrected chi connectivity index (χ0v) is 12.5. The number of likely N-dealkylation sites (tertiary alicyclic amines) is 1. The fourth-order valence-corrected chi connectivity index (χ4v) is 3.25. The Kier molecular flexibility index (Phi) is 3.84. The normalized spacial score (nSPS) is 21.2. The lowest BCUT2D eigenvalue weighted by atomic mass is 10.0. The summed E-state index contributed by atoms with van der Waals surface area (Å²) < 4.78 is 0. The fraction of sp³-hybridized carbons (Fsp3) is 0.333. The van der Waals surface area contributed by atoms with Crippen molar-refractivity contribution in [1.29, 1.82) is 0 Å². The summed E-state index contributed by atoms with van der Waals surface area (Å²) in [4.78, 5) is 25.3. The van der Waals surface area contributed by atoms with Crippen LogP contribution in [0.25, 0.3) is 10.8 Å². The maximum Gasteiger partial charge on any atom is 0.308 e. The first-order valence-electron chi connectivity index (χ1n) is 7.56. The number of carbonyl (C=O) groups is 2. The SMILES string of the molecule is CC1C(C(=O)O)CCN1C(=O)Cc1ccc2ccccc2c1. The van der Waals surface area contributed by atoms with E-state index < -0.39 is 11.9 Å². The minimum atomic E-state index is -0.812. The van der Waals surface area contributed by atoms with Crippen molar-refractivity contribution < 1.29 is 14.7 Å². The molecule has 0 spiro atoms. The van der Waals surface area contributed by atoms with E-state index in [0.717, 1.165) is 16.3 Å². The maximum absolute atomic E-state index is 12.5. The van der Waals surface area contributed by atoms with Gasteiger partial charge in [0.05, 0.1) is 12.3 Å². The molecular formula is C18H19NO3. The van der Waals surface area contributed by atoms with Gasteiger partial charge < -0.3 is 10.0 Å². The molecular weight excluding hydrogens is 278 g/mol. The first-order valence-corrected chi connectivity index (χ1v) is 7.56. The number of nitrogens with zero attached hydrogens (tertiary/aromatic N) is 1. The Bertz CT molecular complexity index is 725. The van der Waals surface area contributed by atoms with Crippen molar-refractivity contribution in [1.82, 2.24) is 4.90 Å². The summed E-state index contributed by atoms with van der Waals surface area (Å²) in [5, 5.41) is 11.4. The number of carboxylic acids is 1. The van der Waals surface area contributed by atoms with E-state index in [9.17, 15) is 9.59 Å². The van der Waals surface area contributed by atoms with Crippen LogP contribution >= 0.6 is 0 Å². The van der Waals surface area contributed by atoms with Gasteiger partial charge in [-0.25, -0.2) is 0 Å². The Labute approximate surface area is 129 Å². The second-order valence-electron chi connectivity index (χ2n) is 5.92. The molecule has 22 heavy (non-hydrogen) atoms. The summed E-state index contributed by atoms with van der Waals surface area (Å²) in [5.41, 5.74) is 0.967. The van der Waals surface area contributed by atoms with Crippen LogP contribution in [0.15, 0.2) is 42.5 Å². The van der Waals surface area contributed by atoms with Crippen LogP contribution < -0.4 is 0 Å². The zero-order chi connectivity index (χ0) is 15.7. The van der Waals surface area contributed by atoms with Crippen LogP contribution in [0.5, 0.6) is 0 Å². The van der Waals surface area contributed by atoms with Gasteiger partial charge in [-0.1, -0.05) is 42.5 Å². The van der Waals surface area contributed by atoms with Gasteiger partial charge in [0.15, 0.2) is 0 Å². The quantitative estimate of drug-likeness (QED) is 0.947. The number of carbonyl (C=O) groups excluding carboxylic acids is 1. The second-order valence-corrected chi connectivity index (χ2v) is 5.92. The molecule has 2 aromatic carbocycles. The third-order valence-corrected chi connectivity index (χ3v) is 4.56. The number of hydrogen-bond donors (Lipinski definition) is 1. The van der Waals surface area contributed by atoms with Crippen molar-refractivity contribution in [3.63, 3.8) is 0 Å². The van der Waals surface area contributed by atoms with Gasteiger partial charge >= 0.3 is 5.97 Å². The minimum Gasteiger partial charge on any atom is -0.481 e. The van der Waals surface area contributed by atoms with Crippen molar-refractivity contribution >= 4 is 22.6 Å². The molecule has 1 fully saturated rings. The van der Waals surface area contributed by atoms with Crippen LogP contribution in [0.3, 0.4) is 0 Å². The number of benzene rings is 2. The molecule has 2 aromatic rings. The van der Waals surface area contributed by atoms with Crippen LogP contribution in [0.2, 0.25) is 0 Å². The molecule has 0 aliphatic carbocycles. The highest BCUT2D eigenvalue weighted by Gasteiger charge is 2.37. The van der Waals surface area contributed by atoms with Gasteiger partial charge in [0.1, 0.15) is 0 Å². The molecule has 3 rings (SSSR count). The molecule has 0 bridgehead atoms. The fourth-order valence-electron chi connectivity index (χ4n) is 3.25. The van der Waals surface area contributed by atoms with Crippen LogP contribution in [-0.4, -0.2) is 34.5 Å². The lowest BCUT2D eigenvalue weighted by molar-refractivity contribution is -0.143. The van der Waals surface area contributed by atoms with Crippen molar-refractivity contribution in [2.24, 2.45) is 5.92 Å². The molecule has 1 aliphatic rings. The Balaban J connectivity index is 1.74. The molecule has 1 heterocycles. The third-order valence-electron chi connectivity index (χ3n) is 4.56. The molecule has 1 saturated heterocycles. The van der Waals surface area contributed by atoms with Crippen molar-refractivity contribution in [2.75, 3.05) is 6.54 Å². The minimum absolute atomic E-state index is 0.00605. The highest BCUT2D eigenvalue weighted by molar-refractivity contribution is 5.86. The highest BCUT2D eigenvalue weighted by Crippen LogP contribution is 2.25. The Hall–Kier alpha value is -2.36. The van der Waals surface area contributed by atoms with Crippen molar-refractivity contribution in [3.05, 3.63) is 48.0 Å². The van der Waals surface area contributed by atoms with E-state index >= 15 is 0 Å². The Morgan fingerprint density at radius 1 is 1.18 bits per heavy atom. The number of hydrogen-bond acceptors (Lipinski definition) is 2. The lowest BCUT2D eigenvalue weighted by Gasteiger charge is -2.23. The van der Waals surface area contributed by atoms with Gasteiger partial charge in [0.2, 0.25) is 5.91 Å². The molecule has 1 N–H and O–H groups in total. The van der Waals surface area contributed by atoms with Crippen LogP contribution in [0.1, 0.15) is 18.9 Å². The van der Waals surface area contributed by atoms with E-state index in [1.54, 1.807) is 4.90 Å². The summed E-state index contributed by atoms with van der Waals surface area (Å²) in [7, 11) is 0. The van der Waals surface area contributed by atoms with Crippen LogP contribution in [0, 0.1) is 5.92 Å². The standard InChI is InChI=1S/C18H19NO3/c1-12-16(18(21)22)8-9-19(12)17(20)11-13-6-7-14-4-2-3-5-15(14)10-13/h2-7,10,12,16H,8-9,11H2,1H3,(H,21,22). The summed E-state index contributed by atoms with van der Waals surface area (Å²) in [6, 6.07) is 13.8. The molecule has 1 amide bonds. The largest absolute Gasteiger partial charge is 0.481 e. The molecule has 114 valence electrons. The summed E-state index contributed by atoms with van der Waals surface area (Å²) in [6.07, 6.45) is 0.863. The molecule has 4 nitrogen and oxygen atoms in total. The van der Waals surface area contributed by atoms with E-state index in [-0.39, 0.29) is 11.9 Å². The van der Waals surface area contributed by atoms with E-state index in [2.05, 4.69) is 0 Å². The number of amides is 1. The molecule has 0 aromatic heterocycles. The van der Waals surface area contributed by atoms with Crippen LogP contribution in [0.4, 0.5) is 0 Å². The maximum atomic E-state index is 12.5. The topological polar surface area (TPSA) is 57.6 Å². The van der Waals surface area contributed by atoms with E-state index in [1.165, 1.54) is 0 Å². The van der Waals surface area contributed by atoms with E-state index in [4.69, 9.17) is 5.11 Å². The molecule has 4 heteroatoms. The van der Waals surface area contributed by atoms with E-state index in [1.807, 2.05) is 49.4 Å². The molecule has 1 aliphatic heterocycles. The number of rotatable bonds is 3. The summed E-state index contributed by atoms with van der Waals surface area (Å²) in [5.74, 6) is -1.25. The monoisotopic (exact) mass is 297 g/mol. The van der Waals surface area contributed by atoms with Crippen LogP contribution in [-0.2, 0) is 16.0 Å². The Morgan fingerprint density at radius 3 is 2.59 bits per heavy atom. The number of carboxylic acid groups (broad SMARTS) is 1. The lowest BCUT2D eigenvalue weighted by Crippen LogP contribution is -2.38. The average molecular weight is 297 g/mol. The highest BCUT2D eigenvalue weighted by atomic mass is 16.4. The average Bonchev–Trinajstić information content (AvgIpc) is 2.89. The van der Waals surface area contributed by atoms with Crippen molar-refractivity contribution in [3.8, 4) is 0 Å². The molecule has 0 radical (unpaired) electrons. The van der Waals surface area contributed by atoms with Gasteiger partial charge in [-0.3, -0.25) is 9.59 Å². The first kappa shape index (κ1) is 14.6. The first-order chi connectivity index (χ1) is 10.6. The predicted molar refractivity (Wildman–Crippen MR) is 84.6 cm³/mol. The molecule has 2 atom stereocenters. The second kappa shape index (κ2) is 5.79. The van der Waals surface area contributed by atoms with Gasteiger partial charge in [-0.2, -0.15) is 0 Å². The smallest absolute Gasteiger partial charge is 0.308 e. The summed E-state index contributed by atoms with van der Waals surface area (Å²) >= 11 is 0. The van der Waals surface area contributed by atoms with Gasteiger partial charge in [-0.05, 0) is 29.7 Å². The molecule has 2 unspecified atom stereocenters. The van der Waals surface area contributed by atoms with Gasteiger partial charge in [0.25, 0.3) is 0 Å². The third kappa shape index (κ3) is 2.69. The van der Waals surface area contributed by atoms with Gasteiger partial charge in [0, 0.05) is 12.6 Å². The van der Waals surface area contributed by atoms with Crippen molar-refractivity contribution in [2.45, 2.75) is 25.8 Å². The Morgan fingerprint density at radius 2 is 1.91 bits per heavy atom.